The summed E-state index contributed by atoms with van der Waals surface area (Å²) in [6.45, 7) is 29.5. The van der Waals surface area contributed by atoms with Crippen molar-refractivity contribution >= 4 is 21.1 Å². The Morgan fingerprint density at radius 3 is 1.57 bits per heavy atom. The molecule has 165 valence electrons. The number of halogens is 1. The van der Waals surface area contributed by atoms with Crippen LogP contribution in [0.2, 0.25) is 0 Å². The molecule has 1 aromatic rings. The van der Waals surface area contributed by atoms with Crippen LogP contribution in [0.3, 0.4) is 0 Å². The van der Waals surface area contributed by atoms with Gasteiger partial charge >= 0.3 is 186 Å². The standard InChI is InChI=1S/C13H15.C12H27P.ClH.Pd/c1-13(2,3)12-9-8-10-6-4-5-7-11(10)12;1-10(2,3)13(11(4,5)6)12(7,8)9;;/h4-9H,1-3H3;1-9H3;1H;. The molecule has 1 aliphatic rings. The summed E-state index contributed by atoms with van der Waals surface area (Å²) in [5.74, 6) is 0. The van der Waals surface area contributed by atoms with E-state index in [1.807, 2.05) is 0 Å². The molecule has 28 heavy (non-hydrogen) atoms. The number of fused-ring (bicyclic) bond motifs is 1. The van der Waals surface area contributed by atoms with Gasteiger partial charge in [-0.1, -0.05) is 0 Å². The molecule has 0 N–H and O–H groups in total. The fraction of sp³-hybridized carbons (Fsp3) is 0.680. The zero-order chi connectivity index (χ0) is 22.0. The van der Waals surface area contributed by atoms with Crippen LogP contribution >= 0.6 is 15.0 Å². The van der Waals surface area contributed by atoms with E-state index in [1.54, 1.807) is 0 Å². The second-order valence-electron chi connectivity index (χ2n) is 12.4. The van der Waals surface area contributed by atoms with Crippen LogP contribution in [0.1, 0.15) is 94.2 Å². The van der Waals surface area contributed by atoms with Crippen LogP contribution in [0, 0.1) is 5.41 Å². The molecule has 3 heteroatoms. The number of hydrogen-bond donors (Lipinski definition) is 0. The number of rotatable bonds is 2. The van der Waals surface area contributed by atoms with E-state index in [2.05, 4.69) is 120 Å². The molecule has 1 unspecified atom stereocenters. The summed E-state index contributed by atoms with van der Waals surface area (Å²) in [5.41, 5.74) is 0.811. The Bertz CT molecular complexity index is 716. The monoisotopic (exact) mass is 515 g/mol. The van der Waals surface area contributed by atoms with Gasteiger partial charge in [0, 0.05) is 0 Å². The first kappa shape index (κ1) is 24.6. The first-order chi connectivity index (χ1) is 12.4. The third kappa shape index (κ3) is 3.32. The third-order valence-corrected chi connectivity index (χ3v) is 34.8. The fourth-order valence-electron chi connectivity index (χ4n) is 6.42. The molecule has 0 saturated carbocycles. The van der Waals surface area contributed by atoms with Gasteiger partial charge in [0.05, 0.1) is 0 Å². The molecular weight excluding hydrogens is 473 g/mol. The number of benzene rings is 1. The first-order valence-corrected chi connectivity index (χ1v) is 17.4. The molecular formula is C25H43ClPPd. The van der Waals surface area contributed by atoms with Gasteiger partial charge in [0.1, 0.15) is 0 Å². The van der Waals surface area contributed by atoms with Gasteiger partial charge < -0.3 is 0 Å². The van der Waals surface area contributed by atoms with E-state index >= 15 is 0 Å². The van der Waals surface area contributed by atoms with Crippen LogP contribution in [-0.4, -0.2) is 15.5 Å². The maximum atomic E-state index is 8.06. The Morgan fingerprint density at radius 2 is 1.18 bits per heavy atom. The van der Waals surface area contributed by atoms with Crippen LogP contribution in [0.25, 0.3) is 6.08 Å². The van der Waals surface area contributed by atoms with Crippen LogP contribution in [0.15, 0.2) is 30.3 Å². The van der Waals surface area contributed by atoms with Crippen molar-refractivity contribution in [1.82, 2.24) is 0 Å². The summed E-state index contributed by atoms with van der Waals surface area (Å²) < 4.78 is -0.0587. The molecule has 0 radical (unpaired) electrons. The predicted octanol–water partition coefficient (Wildman–Crippen LogP) is 8.79. The van der Waals surface area contributed by atoms with Gasteiger partial charge in [-0.25, -0.2) is 0 Å². The van der Waals surface area contributed by atoms with Crippen molar-refractivity contribution in [3.8, 4) is 0 Å². The summed E-state index contributed by atoms with van der Waals surface area (Å²) in [4.78, 5) is 0. The van der Waals surface area contributed by atoms with Crippen LogP contribution in [0.4, 0.5) is 0 Å². The van der Waals surface area contributed by atoms with E-state index in [4.69, 9.17) is 9.53 Å². The molecule has 0 amide bonds. The Morgan fingerprint density at radius 1 is 0.750 bits per heavy atom. The van der Waals surface area contributed by atoms with Gasteiger partial charge in [0.15, 0.2) is 0 Å². The second-order valence-corrected chi connectivity index (χ2v) is 28.3. The molecule has 0 spiro atoms. The van der Waals surface area contributed by atoms with Crippen molar-refractivity contribution in [3.05, 3.63) is 41.5 Å². The van der Waals surface area contributed by atoms with E-state index in [-0.39, 0.29) is 24.8 Å². The van der Waals surface area contributed by atoms with Crippen LogP contribution in [-0.2, 0) is 19.1 Å². The van der Waals surface area contributed by atoms with Gasteiger partial charge in [0.25, 0.3) is 0 Å². The summed E-state index contributed by atoms with van der Waals surface area (Å²) in [7, 11) is 8.06. The van der Waals surface area contributed by atoms with E-state index in [1.165, 1.54) is 11.1 Å². The molecule has 0 heterocycles. The summed E-state index contributed by atoms with van der Waals surface area (Å²) in [6, 6.07) is 8.98. The zero-order valence-corrected chi connectivity index (χ0v) is 23.5. The summed E-state index contributed by atoms with van der Waals surface area (Å²) >= 11 is -1.55. The molecule has 0 bridgehead atoms. The van der Waals surface area contributed by atoms with Crippen molar-refractivity contribution in [3.63, 3.8) is 0 Å². The van der Waals surface area contributed by atoms with E-state index < -0.39 is 20.7 Å². The molecule has 1 aliphatic carbocycles. The summed E-state index contributed by atoms with van der Waals surface area (Å²) in [6.07, 6.45) is 4.86. The minimum atomic E-state index is -2.09. The average molecular weight is 516 g/mol. The molecule has 2 rings (SSSR count). The Balaban J connectivity index is 2.98. The zero-order valence-electron chi connectivity index (χ0n) is 20.2. The van der Waals surface area contributed by atoms with E-state index in [0.29, 0.717) is 0 Å². The fourth-order valence-corrected chi connectivity index (χ4v) is 42.3. The second kappa shape index (κ2) is 7.20. The predicted molar refractivity (Wildman–Crippen MR) is 130 cm³/mol. The van der Waals surface area contributed by atoms with Gasteiger partial charge in [0.2, 0.25) is 0 Å². The Labute approximate surface area is 185 Å². The van der Waals surface area contributed by atoms with Gasteiger partial charge in [-0.3, -0.25) is 0 Å². The molecule has 0 nitrogen and oxygen atoms in total. The Hall–Kier alpha value is 0.342. The quantitative estimate of drug-likeness (QED) is 0.272. The first-order valence-electron chi connectivity index (χ1n) is 10.4. The van der Waals surface area contributed by atoms with Crippen molar-refractivity contribution in [2.45, 2.75) is 102 Å². The molecule has 0 saturated heterocycles. The van der Waals surface area contributed by atoms with Crippen molar-refractivity contribution in [2.75, 3.05) is 0 Å². The van der Waals surface area contributed by atoms with Crippen LogP contribution < -0.4 is 0 Å². The minimum absolute atomic E-state index is 0.0587. The van der Waals surface area contributed by atoms with Gasteiger partial charge in [-0.05, 0) is 0 Å². The molecule has 1 aromatic carbocycles. The van der Waals surface area contributed by atoms with Crippen molar-refractivity contribution in [1.29, 1.82) is 0 Å². The maximum absolute atomic E-state index is 8.06. The van der Waals surface area contributed by atoms with Gasteiger partial charge in [-0.15, -0.1) is 0 Å². The third-order valence-electron chi connectivity index (χ3n) is 6.25. The SMILES string of the molecule is CC(C)(C)[C]1([Pd]([Cl])[PH](C(C)(C)C)(C(C)(C)C)C(C)(C)C)C=Cc2ccccc21. The van der Waals surface area contributed by atoms with Crippen molar-refractivity contribution in [2.24, 2.45) is 5.41 Å². The van der Waals surface area contributed by atoms with Crippen LogP contribution in [0.5, 0.6) is 0 Å². The normalized spacial score (nSPS) is 22.2. The average Bonchev–Trinajstić information content (AvgIpc) is 2.82. The topological polar surface area (TPSA) is 0 Å². The number of hydrogen-bond acceptors (Lipinski definition) is 0. The molecule has 0 aromatic heterocycles. The summed E-state index contributed by atoms with van der Waals surface area (Å²) in [5, 5.41) is 0.613. The molecule has 0 aliphatic heterocycles. The van der Waals surface area contributed by atoms with Gasteiger partial charge in [-0.2, -0.15) is 0 Å². The van der Waals surface area contributed by atoms with E-state index in [0.717, 1.165) is 0 Å². The Kier molecular flexibility index (Phi) is 6.33. The van der Waals surface area contributed by atoms with Crippen molar-refractivity contribution < 1.29 is 15.2 Å². The molecule has 1 atom stereocenters. The van der Waals surface area contributed by atoms with E-state index in [9.17, 15) is 0 Å². The molecule has 0 fully saturated rings. The number of allylic oxidation sites excluding steroid dienone is 1.